The summed E-state index contributed by atoms with van der Waals surface area (Å²) in [7, 11) is 0. The molecule has 0 unspecified atom stereocenters. The molecule has 0 saturated carbocycles. The topological polar surface area (TPSA) is 121 Å². The average Bonchev–Trinajstić information content (AvgIpc) is 2.60. The molecule has 2 amide bonds. The highest BCUT2D eigenvalue weighted by molar-refractivity contribution is 5.89. The molecule has 4 N–H and O–H groups in total. The smallest absolute Gasteiger partial charge is 0.319 e. The molecule has 9 heteroatoms. The first kappa shape index (κ1) is 20.8. The Labute approximate surface area is 170 Å². The Balaban J connectivity index is 1.82. The van der Waals surface area contributed by atoms with Gasteiger partial charge in [-0.25, -0.2) is 14.8 Å². The lowest BCUT2D eigenvalue weighted by Crippen LogP contribution is -2.43. The van der Waals surface area contributed by atoms with Crippen LogP contribution in [0.1, 0.15) is 46.6 Å². The molecule has 0 aliphatic carbocycles. The Morgan fingerprint density at radius 2 is 1.86 bits per heavy atom. The maximum atomic E-state index is 12.0. The van der Waals surface area contributed by atoms with Crippen LogP contribution in [0.5, 0.6) is 5.75 Å². The summed E-state index contributed by atoms with van der Waals surface area (Å²) >= 11 is 0. The molecule has 1 aliphatic rings. The van der Waals surface area contributed by atoms with Gasteiger partial charge in [0.2, 0.25) is 6.29 Å². The predicted molar refractivity (Wildman–Crippen MR) is 109 cm³/mol. The van der Waals surface area contributed by atoms with E-state index < -0.39 is 6.29 Å². The first-order chi connectivity index (χ1) is 13.7. The quantitative estimate of drug-likeness (QED) is 0.702. The summed E-state index contributed by atoms with van der Waals surface area (Å²) in [5.41, 5.74) is 7.61. The fourth-order valence-corrected chi connectivity index (χ4v) is 2.76. The molecule has 0 radical (unpaired) electrons. The van der Waals surface area contributed by atoms with Gasteiger partial charge in [0.1, 0.15) is 5.69 Å². The lowest BCUT2D eigenvalue weighted by atomic mass is 10.1. The summed E-state index contributed by atoms with van der Waals surface area (Å²) in [5, 5.41) is 5.63. The average molecular weight is 401 g/mol. The fraction of sp³-hybridized carbons (Fsp3) is 0.450. The molecule has 2 heterocycles. The van der Waals surface area contributed by atoms with Gasteiger partial charge in [0.05, 0.1) is 6.61 Å². The van der Waals surface area contributed by atoms with Crippen LogP contribution in [0, 0.1) is 0 Å². The molecule has 29 heavy (non-hydrogen) atoms. The van der Waals surface area contributed by atoms with Crippen LogP contribution in [0.2, 0.25) is 0 Å². The molecule has 2 aromatic rings. The van der Waals surface area contributed by atoms with Crippen LogP contribution in [0.25, 0.3) is 11.4 Å². The number of nitrogens with zero attached hydrogens (tertiary/aromatic N) is 2. The van der Waals surface area contributed by atoms with Crippen LogP contribution < -0.4 is 21.1 Å². The van der Waals surface area contributed by atoms with Gasteiger partial charge in [-0.15, -0.1) is 0 Å². The minimum absolute atomic E-state index is 0.213. The number of urea groups is 1. The van der Waals surface area contributed by atoms with Crippen molar-refractivity contribution >= 4 is 17.5 Å². The summed E-state index contributed by atoms with van der Waals surface area (Å²) in [4.78, 5) is 20.9. The summed E-state index contributed by atoms with van der Waals surface area (Å²) in [6.45, 7) is 9.80. The number of hydrogen-bond acceptors (Lipinski definition) is 7. The molecule has 156 valence electrons. The summed E-state index contributed by atoms with van der Waals surface area (Å²) < 4.78 is 16.7. The minimum Gasteiger partial charge on any atom is -0.488 e. The predicted octanol–water partition coefficient (Wildman–Crippen LogP) is 3.44. The van der Waals surface area contributed by atoms with Gasteiger partial charge in [0.25, 0.3) is 0 Å². The van der Waals surface area contributed by atoms with Crippen molar-refractivity contribution in [2.75, 3.05) is 17.7 Å². The monoisotopic (exact) mass is 401 g/mol. The minimum atomic E-state index is -0.641. The highest BCUT2D eigenvalue weighted by atomic mass is 16.9. The lowest BCUT2D eigenvalue weighted by molar-refractivity contribution is -0.384. The van der Waals surface area contributed by atoms with Crippen molar-refractivity contribution in [1.29, 1.82) is 0 Å². The number of carbonyl (C=O) groups excluding carboxylic acids is 1. The van der Waals surface area contributed by atoms with E-state index in [1.54, 1.807) is 31.2 Å². The molecule has 1 aliphatic heterocycles. The zero-order valence-electron chi connectivity index (χ0n) is 17.3. The van der Waals surface area contributed by atoms with Gasteiger partial charge in [-0.2, -0.15) is 0 Å². The van der Waals surface area contributed by atoms with Crippen molar-refractivity contribution < 1.29 is 19.0 Å². The molecule has 3 rings (SSSR count). The van der Waals surface area contributed by atoms with E-state index in [0.717, 1.165) is 5.56 Å². The summed E-state index contributed by atoms with van der Waals surface area (Å²) in [6.07, 6.45) is -0.948. The zero-order chi connectivity index (χ0) is 21.2. The van der Waals surface area contributed by atoms with Crippen molar-refractivity contribution in [3.05, 3.63) is 30.0 Å². The summed E-state index contributed by atoms with van der Waals surface area (Å²) in [6, 6.07) is 6.87. The Hall–Kier alpha value is -2.91. The molecule has 9 nitrogen and oxygen atoms in total. The number of ether oxygens (including phenoxy) is 3. The second kappa shape index (κ2) is 8.22. The van der Waals surface area contributed by atoms with Crippen molar-refractivity contribution in [2.45, 2.75) is 52.7 Å². The normalized spacial score (nSPS) is 18.7. The number of aromatic nitrogens is 2. The van der Waals surface area contributed by atoms with Crippen LogP contribution >= 0.6 is 0 Å². The van der Waals surface area contributed by atoms with Crippen molar-refractivity contribution in [1.82, 2.24) is 15.3 Å². The van der Waals surface area contributed by atoms with Crippen molar-refractivity contribution in [3.63, 3.8) is 0 Å². The molecule has 0 spiro atoms. The number of hydrogen-bond donors (Lipinski definition) is 3. The van der Waals surface area contributed by atoms with Crippen molar-refractivity contribution in [3.8, 4) is 17.1 Å². The number of carbonyl (C=O) groups is 1. The maximum absolute atomic E-state index is 12.0. The van der Waals surface area contributed by atoms with E-state index in [0.29, 0.717) is 29.6 Å². The van der Waals surface area contributed by atoms with E-state index in [-0.39, 0.29) is 23.7 Å². The van der Waals surface area contributed by atoms with E-state index >= 15 is 0 Å². The molecule has 1 fully saturated rings. The van der Waals surface area contributed by atoms with Crippen LogP contribution in [0.15, 0.2) is 24.3 Å². The zero-order valence-corrected chi connectivity index (χ0v) is 17.3. The van der Waals surface area contributed by atoms with Gasteiger partial charge in [-0.05, 0) is 58.9 Å². The van der Waals surface area contributed by atoms with Gasteiger partial charge in [-0.1, -0.05) is 0 Å². The molecular formula is C20H27N5O4. The molecular weight excluding hydrogens is 374 g/mol. The Bertz CT molecular complexity index is 874. The van der Waals surface area contributed by atoms with E-state index in [2.05, 4.69) is 20.6 Å². The van der Waals surface area contributed by atoms with Crippen LogP contribution in [0.4, 0.5) is 16.3 Å². The first-order valence-electron chi connectivity index (χ1n) is 9.47. The highest BCUT2D eigenvalue weighted by Crippen LogP contribution is 2.39. The highest BCUT2D eigenvalue weighted by Gasteiger charge is 2.34. The van der Waals surface area contributed by atoms with E-state index in [4.69, 9.17) is 19.9 Å². The number of amides is 2. The molecule has 1 saturated heterocycles. The first-order valence-corrected chi connectivity index (χ1v) is 9.47. The fourth-order valence-electron chi connectivity index (χ4n) is 2.76. The molecule has 1 aromatic heterocycles. The maximum Gasteiger partial charge on any atom is 0.319 e. The van der Waals surface area contributed by atoms with Gasteiger partial charge in [-0.3, -0.25) is 0 Å². The molecule has 0 atom stereocenters. The number of nitrogens with one attached hydrogen (secondary N) is 2. The van der Waals surface area contributed by atoms with Crippen LogP contribution in [-0.2, 0) is 9.47 Å². The standard InChI is InChI=1S/C20H27N5O4/c1-6-27-15-14(18-28-11(2)29-18)23-17(24-16(15)21)12-7-9-13(10-8-12)22-19(26)25-20(3,4)5/h7-11,18H,6H2,1-5H3,(H2,21,23,24)(H2,22,25,26). The third-order valence-corrected chi connectivity index (χ3v) is 3.95. The van der Waals surface area contributed by atoms with Crippen molar-refractivity contribution in [2.24, 2.45) is 0 Å². The number of anilines is 2. The number of nitrogens with two attached hydrogens (primary N) is 1. The lowest BCUT2D eigenvalue weighted by Gasteiger charge is -2.34. The number of rotatable bonds is 5. The third-order valence-electron chi connectivity index (χ3n) is 3.95. The second-order valence-corrected chi connectivity index (χ2v) is 7.66. The Morgan fingerprint density at radius 3 is 2.41 bits per heavy atom. The second-order valence-electron chi connectivity index (χ2n) is 7.66. The van der Waals surface area contributed by atoms with E-state index in [1.807, 2.05) is 27.7 Å². The SMILES string of the molecule is CCOc1c(N)nc(-c2ccc(NC(=O)NC(C)(C)C)cc2)nc1C1OC(C)O1. The van der Waals surface area contributed by atoms with Gasteiger partial charge in [0, 0.05) is 16.8 Å². The largest absolute Gasteiger partial charge is 0.488 e. The van der Waals surface area contributed by atoms with E-state index in [9.17, 15) is 4.79 Å². The third kappa shape index (κ3) is 5.12. The van der Waals surface area contributed by atoms with Gasteiger partial charge >= 0.3 is 6.03 Å². The molecule has 1 aromatic carbocycles. The number of benzene rings is 1. The van der Waals surface area contributed by atoms with Gasteiger partial charge in [0.15, 0.2) is 23.7 Å². The Kier molecular flexibility index (Phi) is 5.90. The van der Waals surface area contributed by atoms with Crippen LogP contribution in [-0.4, -0.2) is 34.4 Å². The van der Waals surface area contributed by atoms with E-state index in [1.165, 1.54) is 0 Å². The van der Waals surface area contributed by atoms with Crippen LogP contribution in [0.3, 0.4) is 0 Å². The Morgan fingerprint density at radius 1 is 1.21 bits per heavy atom. The number of nitrogen functional groups attached to an aromatic ring is 1. The van der Waals surface area contributed by atoms with Gasteiger partial charge < -0.3 is 30.6 Å². The summed E-state index contributed by atoms with van der Waals surface area (Å²) in [5.74, 6) is 0.994. The molecule has 0 bridgehead atoms.